The minimum Gasteiger partial charge on any atom is -0.445 e. The van der Waals surface area contributed by atoms with Gasteiger partial charge in [-0.25, -0.2) is 4.79 Å². The fraction of sp³-hybridized carbons (Fsp3) is 0.600. The number of carbonyl (C=O) groups excluding carboxylic acids is 2. The van der Waals surface area contributed by atoms with Crippen LogP contribution in [-0.4, -0.2) is 31.0 Å². The number of hydrogen-bond donors (Lipinski definition) is 1. The Kier molecular flexibility index (Phi) is 8.06. The first kappa shape index (κ1) is 20.4. The van der Waals surface area contributed by atoms with E-state index < -0.39 is 18.1 Å². The van der Waals surface area contributed by atoms with Gasteiger partial charge < -0.3 is 14.2 Å². The maximum atomic E-state index is 12.3. The predicted molar refractivity (Wildman–Crippen MR) is 97.3 cm³/mol. The summed E-state index contributed by atoms with van der Waals surface area (Å²) in [6.07, 6.45) is 3.24. The number of benzene rings is 1. The second-order valence-corrected chi connectivity index (χ2v) is 7.04. The number of alkyl carbamates (subject to hydrolysis) is 1. The molecule has 1 N–H and O–H groups in total. The molecule has 26 heavy (non-hydrogen) atoms. The fourth-order valence-corrected chi connectivity index (χ4v) is 2.74. The van der Waals surface area contributed by atoms with Crippen LogP contribution in [0.25, 0.3) is 0 Å². The summed E-state index contributed by atoms with van der Waals surface area (Å²) in [6.45, 7) is 4.84. The number of ether oxygens (including phenoxy) is 3. The Labute approximate surface area is 155 Å². The second-order valence-electron chi connectivity index (χ2n) is 7.04. The zero-order valence-electron chi connectivity index (χ0n) is 15.6. The molecule has 1 aromatic carbocycles. The molecule has 0 spiro atoms. The summed E-state index contributed by atoms with van der Waals surface area (Å²) >= 11 is 0. The Balaban J connectivity index is 1.98. The third-order valence-electron chi connectivity index (χ3n) is 4.29. The highest BCUT2D eigenvalue weighted by molar-refractivity contribution is 5.75. The van der Waals surface area contributed by atoms with Crippen molar-refractivity contribution in [2.75, 3.05) is 6.61 Å². The lowest BCUT2D eigenvalue weighted by Crippen LogP contribution is -2.54. The summed E-state index contributed by atoms with van der Waals surface area (Å²) in [4.78, 5) is 24.1. The van der Waals surface area contributed by atoms with Gasteiger partial charge in [0.25, 0.3) is 0 Å². The quantitative estimate of drug-likeness (QED) is 0.534. The average molecular weight is 363 g/mol. The van der Waals surface area contributed by atoms with E-state index in [4.69, 9.17) is 14.2 Å². The lowest BCUT2D eigenvalue weighted by atomic mass is 10.0. The zero-order valence-corrected chi connectivity index (χ0v) is 15.6. The molecule has 1 aromatic rings. The molecule has 1 aliphatic heterocycles. The topological polar surface area (TPSA) is 73.9 Å². The van der Waals surface area contributed by atoms with E-state index in [-0.39, 0.29) is 6.61 Å². The summed E-state index contributed by atoms with van der Waals surface area (Å²) in [6, 6.07) is 9.37. The van der Waals surface area contributed by atoms with Crippen molar-refractivity contribution in [3.8, 4) is 0 Å². The molecule has 0 aromatic heterocycles. The van der Waals surface area contributed by atoms with Crippen molar-refractivity contribution in [2.45, 2.75) is 64.6 Å². The summed E-state index contributed by atoms with van der Waals surface area (Å²) in [5.41, 5.74) is -0.557. The largest absolute Gasteiger partial charge is 0.445 e. The molecule has 0 aliphatic carbocycles. The minimum atomic E-state index is -1.43. The summed E-state index contributed by atoms with van der Waals surface area (Å²) in [5.74, 6) is 0.368. The molecule has 1 amide bonds. The van der Waals surface area contributed by atoms with Crippen LogP contribution in [0.5, 0.6) is 0 Å². The highest BCUT2D eigenvalue weighted by Crippen LogP contribution is 2.24. The van der Waals surface area contributed by atoms with Crippen molar-refractivity contribution in [1.82, 2.24) is 5.32 Å². The third kappa shape index (κ3) is 6.77. The Morgan fingerprint density at radius 2 is 2.12 bits per heavy atom. The number of nitrogens with one attached hydrogen (secondary N) is 1. The van der Waals surface area contributed by atoms with E-state index >= 15 is 0 Å². The van der Waals surface area contributed by atoms with E-state index in [1.807, 2.05) is 30.3 Å². The minimum absolute atomic E-state index is 0.131. The molecule has 2 atom stereocenters. The molecule has 1 heterocycles. The maximum absolute atomic E-state index is 12.3. The molecular weight excluding hydrogens is 334 g/mol. The van der Waals surface area contributed by atoms with Gasteiger partial charge in [-0.3, -0.25) is 10.1 Å². The molecule has 0 bridgehead atoms. The molecule has 6 heteroatoms. The van der Waals surface area contributed by atoms with Gasteiger partial charge >= 0.3 is 6.09 Å². The second kappa shape index (κ2) is 10.3. The summed E-state index contributed by atoms with van der Waals surface area (Å²) < 4.78 is 16.7. The summed E-state index contributed by atoms with van der Waals surface area (Å²) in [7, 11) is 0. The van der Waals surface area contributed by atoms with E-state index in [1.165, 1.54) is 0 Å². The molecule has 2 rings (SSSR count). The highest BCUT2D eigenvalue weighted by Gasteiger charge is 2.37. The van der Waals surface area contributed by atoms with Gasteiger partial charge in [0.2, 0.25) is 5.72 Å². The standard InChI is InChI=1S/C20H29NO5/c1-16(2)11-12-20(15-22,26-18-10-6-7-13-24-18)21-19(23)25-14-17-8-4-3-5-9-17/h3-5,8-9,15-16,18H,6-7,10-14H2,1-2H3,(H,21,23)/t18-,20-/m0/s1. The molecule has 1 saturated heterocycles. The van der Waals surface area contributed by atoms with E-state index in [0.29, 0.717) is 31.7 Å². The first-order valence-electron chi connectivity index (χ1n) is 9.27. The molecule has 0 saturated carbocycles. The van der Waals surface area contributed by atoms with Crippen molar-refractivity contribution in [3.05, 3.63) is 35.9 Å². The SMILES string of the molecule is CC(C)CC[C@](C=O)(NC(=O)OCc1ccccc1)O[C@H]1CCCCO1. The molecule has 0 unspecified atom stereocenters. The number of aldehydes is 1. The van der Waals surface area contributed by atoms with Crippen molar-refractivity contribution in [1.29, 1.82) is 0 Å². The van der Waals surface area contributed by atoms with Crippen molar-refractivity contribution in [3.63, 3.8) is 0 Å². The molecule has 1 fully saturated rings. The van der Waals surface area contributed by atoms with Crippen LogP contribution in [0.15, 0.2) is 30.3 Å². The Hall–Kier alpha value is -1.92. The third-order valence-corrected chi connectivity index (χ3v) is 4.29. The zero-order chi connectivity index (χ0) is 18.8. The van der Waals surface area contributed by atoms with Gasteiger partial charge in [0, 0.05) is 13.0 Å². The Morgan fingerprint density at radius 1 is 1.35 bits per heavy atom. The van der Waals surface area contributed by atoms with Crippen LogP contribution in [-0.2, 0) is 25.6 Å². The Morgan fingerprint density at radius 3 is 2.73 bits per heavy atom. The molecule has 1 aliphatic rings. The van der Waals surface area contributed by atoms with Gasteiger partial charge in [-0.05, 0) is 37.2 Å². The van der Waals surface area contributed by atoms with Crippen LogP contribution in [0.4, 0.5) is 4.79 Å². The monoisotopic (exact) mass is 363 g/mol. The van der Waals surface area contributed by atoms with Gasteiger partial charge in [-0.15, -0.1) is 0 Å². The van der Waals surface area contributed by atoms with Crippen molar-refractivity contribution < 1.29 is 23.8 Å². The fourth-order valence-electron chi connectivity index (χ4n) is 2.74. The summed E-state index contributed by atoms with van der Waals surface area (Å²) in [5, 5.41) is 2.62. The number of carbonyl (C=O) groups is 2. The van der Waals surface area contributed by atoms with E-state index in [2.05, 4.69) is 19.2 Å². The molecule has 144 valence electrons. The average Bonchev–Trinajstić information content (AvgIpc) is 2.66. The van der Waals surface area contributed by atoms with Gasteiger partial charge in [0.05, 0.1) is 0 Å². The van der Waals surface area contributed by atoms with Crippen LogP contribution in [0.1, 0.15) is 51.5 Å². The first-order chi connectivity index (χ1) is 12.5. The van der Waals surface area contributed by atoms with E-state index in [1.54, 1.807) is 0 Å². The van der Waals surface area contributed by atoms with Crippen LogP contribution >= 0.6 is 0 Å². The lowest BCUT2D eigenvalue weighted by Gasteiger charge is -2.34. The van der Waals surface area contributed by atoms with Crippen LogP contribution in [0, 0.1) is 5.92 Å². The Bertz CT molecular complexity index is 557. The number of rotatable bonds is 9. The van der Waals surface area contributed by atoms with Crippen molar-refractivity contribution in [2.24, 2.45) is 5.92 Å². The van der Waals surface area contributed by atoms with E-state index in [9.17, 15) is 9.59 Å². The predicted octanol–water partition coefficient (Wildman–Crippen LogP) is 3.79. The number of hydrogen-bond acceptors (Lipinski definition) is 5. The molecule has 0 radical (unpaired) electrons. The van der Waals surface area contributed by atoms with Gasteiger partial charge in [-0.1, -0.05) is 44.2 Å². The van der Waals surface area contributed by atoms with Crippen LogP contribution in [0.3, 0.4) is 0 Å². The highest BCUT2D eigenvalue weighted by atomic mass is 16.7. The maximum Gasteiger partial charge on any atom is 0.410 e. The van der Waals surface area contributed by atoms with Gasteiger partial charge in [-0.2, -0.15) is 0 Å². The smallest absolute Gasteiger partial charge is 0.410 e. The van der Waals surface area contributed by atoms with Crippen molar-refractivity contribution >= 4 is 12.4 Å². The first-order valence-corrected chi connectivity index (χ1v) is 9.27. The van der Waals surface area contributed by atoms with E-state index in [0.717, 1.165) is 24.8 Å². The lowest BCUT2D eigenvalue weighted by molar-refractivity contribution is -0.226. The van der Waals surface area contributed by atoms with Crippen LogP contribution in [0.2, 0.25) is 0 Å². The normalized spacial score (nSPS) is 19.6. The van der Waals surface area contributed by atoms with Crippen LogP contribution < -0.4 is 5.32 Å². The van der Waals surface area contributed by atoms with Gasteiger partial charge in [0.1, 0.15) is 6.61 Å². The molecular formula is C20H29NO5. The number of amides is 1. The van der Waals surface area contributed by atoms with Gasteiger partial charge in [0.15, 0.2) is 12.6 Å². The molecule has 6 nitrogen and oxygen atoms in total.